The van der Waals surface area contributed by atoms with Crippen LogP contribution in [0.5, 0.6) is 0 Å². The van der Waals surface area contributed by atoms with Crippen LogP contribution in [0, 0.1) is 0 Å². The van der Waals surface area contributed by atoms with Crippen LogP contribution in [0.4, 0.5) is 0 Å². The van der Waals surface area contributed by atoms with E-state index in [1.807, 2.05) is 23.1 Å². The van der Waals surface area contributed by atoms with Gasteiger partial charge in [-0.3, -0.25) is 0 Å². The van der Waals surface area contributed by atoms with Crippen LogP contribution in [0.15, 0.2) is 144 Å². The standard InChI is InChI=1S/C42H26S2/c1-2-10-25(11-3-1)39-28-13-4-6-15-30(28)40(31-16-7-5-14-29(31)39)26-18-19-35-38(24-26)43-37-23-22-34-32(41(35)37)20-21-33-27-12-8-9-17-36(27)44-42(33)34/h1-23,38H,24H2. The maximum atomic E-state index is 2.44. The summed E-state index contributed by atoms with van der Waals surface area (Å²) in [5.41, 5.74) is 8.35. The molecule has 1 aromatic heterocycles. The molecular weight excluding hydrogens is 569 g/mol. The van der Waals surface area contributed by atoms with Crippen molar-refractivity contribution in [3.63, 3.8) is 0 Å². The number of hydrogen-bond acceptors (Lipinski definition) is 2. The lowest BCUT2D eigenvalue weighted by atomic mass is 9.82. The van der Waals surface area contributed by atoms with Crippen molar-refractivity contribution in [2.45, 2.75) is 16.6 Å². The monoisotopic (exact) mass is 594 g/mol. The van der Waals surface area contributed by atoms with Crippen LogP contribution in [0.1, 0.15) is 17.5 Å². The smallest absolute Gasteiger partial charge is 0.0434 e. The number of hydrogen-bond donors (Lipinski definition) is 0. The van der Waals surface area contributed by atoms with Gasteiger partial charge >= 0.3 is 0 Å². The maximum absolute atomic E-state index is 2.44. The zero-order chi connectivity index (χ0) is 28.8. The highest BCUT2D eigenvalue weighted by atomic mass is 32.2. The first-order valence-electron chi connectivity index (χ1n) is 15.3. The highest BCUT2D eigenvalue weighted by molar-refractivity contribution is 8.01. The first-order chi connectivity index (χ1) is 21.8. The lowest BCUT2D eigenvalue weighted by molar-refractivity contribution is 1.11. The average molecular weight is 595 g/mol. The average Bonchev–Trinajstić information content (AvgIpc) is 3.65. The number of benzene rings is 7. The van der Waals surface area contributed by atoms with Crippen molar-refractivity contribution in [2.24, 2.45) is 0 Å². The highest BCUT2D eigenvalue weighted by Gasteiger charge is 2.33. The number of thioether (sulfide) groups is 1. The fourth-order valence-corrected chi connectivity index (χ4v) is 10.3. The van der Waals surface area contributed by atoms with Crippen molar-refractivity contribution in [1.29, 1.82) is 0 Å². The van der Waals surface area contributed by atoms with Crippen molar-refractivity contribution in [1.82, 2.24) is 0 Å². The molecule has 44 heavy (non-hydrogen) atoms. The molecule has 8 aromatic rings. The Morgan fingerprint density at radius 1 is 0.455 bits per heavy atom. The predicted octanol–water partition coefficient (Wildman–Crippen LogP) is 12.5. The van der Waals surface area contributed by atoms with E-state index in [-0.39, 0.29) is 0 Å². The Hall–Kier alpha value is -4.63. The van der Waals surface area contributed by atoms with E-state index in [1.54, 1.807) is 0 Å². The van der Waals surface area contributed by atoms with Gasteiger partial charge in [0.15, 0.2) is 0 Å². The molecule has 206 valence electrons. The molecule has 0 radical (unpaired) electrons. The zero-order valence-corrected chi connectivity index (χ0v) is 25.5. The summed E-state index contributed by atoms with van der Waals surface area (Å²) in [6.45, 7) is 0. The molecule has 10 rings (SSSR count). The molecule has 2 heterocycles. The van der Waals surface area contributed by atoms with Crippen LogP contribution in [0.3, 0.4) is 0 Å². The number of allylic oxidation sites excluding steroid dienone is 3. The van der Waals surface area contributed by atoms with Gasteiger partial charge in [-0.05, 0) is 73.3 Å². The Labute approximate surface area is 264 Å². The molecule has 2 aliphatic rings. The lowest BCUT2D eigenvalue weighted by Gasteiger charge is -2.23. The minimum atomic E-state index is 0.417. The molecule has 1 atom stereocenters. The zero-order valence-electron chi connectivity index (χ0n) is 23.9. The largest absolute Gasteiger partial charge is 0.135 e. The van der Waals surface area contributed by atoms with Crippen molar-refractivity contribution in [2.75, 3.05) is 0 Å². The Morgan fingerprint density at radius 2 is 1.02 bits per heavy atom. The van der Waals surface area contributed by atoms with Gasteiger partial charge in [0, 0.05) is 41.3 Å². The van der Waals surface area contributed by atoms with E-state index >= 15 is 0 Å². The molecule has 1 unspecified atom stereocenters. The number of fused-ring (bicyclic) bond motifs is 11. The molecule has 1 aliphatic carbocycles. The number of rotatable bonds is 2. The molecule has 1 aliphatic heterocycles. The molecule has 0 saturated carbocycles. The lowest BCUT2D eigenvalue weighted by Crippen LogP contribution is -2.06. The topological polar surface area (TPSA) is 0 Å². The third-order valence-electron chi connectivity index (χ3n) is 9.59. The quantitative estimate of drug-likeness (QED) is 0.179. The molecule has 0 N–H and O–H groups in total. The summed E-state index contributed by atoms with van der Waals surface area (Å²) in [6, 6.07) is 47.2. The first kappa shape index (κ1) is 24.8. The van der Waals surface area contributed by atoms with Crippen molar-refractivity contribution < 1.29 is 0 Å². The van der Waals surface area contributed by atoms with Crippen LogP contribution < -0.4 is 0 Å². The van der Waals surface area contributed by atoms with E-state index < -0.39 is 0 Å². The SMILES string of the molecule is C1=C(c2c3ccccc3c(-c3ccccc3)c3ccccc23)CC2Sc3ccc4c(ccc5c6ccccc6sc45)c3C2=C1. The van der Waals surface area contributed by atoms with E-state index in [0.29, 0.717) is 5.25 Å². The van der Waals surface area contributed by atoms with E-state index in [1.165, 1.54) is 90.8 Å². The third-order valence-corrected chi connectivity index (χ3v) is 12.1. The Bertz CT molecular complexity index is 2490. The van der Waals surface area contributed by atoms with Crippen LogP contribution in [0.25, 0.3) is 74.8 Å². The first-order valence-corrected chi connectivity index (χ1v) is 17.0. The maximum Gasteiger partial charge on any atom is 0.0434 e. The van der Waals surface area contributed by atoms with Crippen molar-refractivity contribution >= 4 is 86.7 Å². The normalized spacial score (nSPS) is 16.0. The van der Waals surface area contributed by atoms with E-state index in [9.17, 15) is 0 Å². The molecule has 0 spiro atoms. The van der Waals surface area contributed by atoms with E-state index in [2.05, 4.69) is 140 Å². The van der Waals surface area contributed by atoms with Crippen molar-refractivity contribution in [3.8, 4) is 11.1 Å². The molecule has 0 nitrogen and oxygen atoms in total. The molecular formula is C42H26S2. The second-order valence-corrected chi connectivity index (χ2v) is 14.2. The Balaban J connectivity index is 1.18. The summed E-state index contributed by atoms with van der Waals surface area (Å²) in [5, 5.41) is 11.3. The number of thiophene rings is 1. The summed E-state index contributed by atoms with van der Waals surface area (Å²) in [6.07, 6.45) is 5.89. The van der Waals surface area contributed by atoms with Gasteiger partial charge in [-0.1, -0.05) is 127 Å². The van der Waals surface area contributed by atoms with Gasteiger partial charge in [0.05, 0.1) is 0 Å². The summed E-state index contributed by atoms with van der Waals surface area (Å²) in [7, 11) is 0. The van der Waals surface area contributed by atoms with Gasteiger partial charge in [-0.2, -0.15) is 0 Å². The van der Waals surface area contributed by atoms with Crippen molar-refractivity contribution in [3.05, 3.63) is 151 Å². The summed E-state index contributed by atoms with van der Waals surface area (Å²) in [5.74, 6) is 0. The van der Waals surface area contributed by atoms with E-state index in [4.69, 9.17) is 0 Å². The molecule has 0 amide bonds. The molecule has 0 saturated heterocycles. The minimum Gasteiger partial charge on any atom is -0.135 e. The summed E-state index contributed by atoms with van der Waals surface area (Å²) < 4.78 is 2.77. The fraction of sp³-hybridized carbons (Fsp3) is 0.0476. The second kappa shape index (κ2) is 9.43. The highest BCUT2D eigenvalue weighted by Crippen LogP contribution is 2.54. The molecule has 7 aromatic carbocycles. The van der Waals surface area contributed by atoms with E-state index in [0.717, 1.165) is 6.42 Å². The Kier molecular flexibility index (Phi) is 5.31. The Morgan fingerprint density at radius 3 is 1.77 bits per heavy atom. The van der Waals surface area contributed by atoms with Gasteiger partial charge in [-0.15, -0.1) is 23.1 Å². The second-order valence-electron chi connectivity index (χ2n) is 11.9. The third kappa shape index (κ3) is 3.47. The van der Waals surface area contributed by atoms with Gasteiger partial charge < -0.3 is 0 Å². The van der Waals surface area contributed by atoms with Crippen LogP contribution in [0.2, 0.25) is 0 Å². The van der Waals surface area contributed by atoms with Gasteiger partial charge in [0.25, 0.3) is 0 Å². The summed E-state index contributed by atoms with van der Waals surface area (Å²) >= 11 is 3.98. The minimum absolute atomic E-state index is 0.417. The summed E-state index contributed by atoms with van der Waals surface area (Å²) in [4.78, 5) is 1.41. The van der Waals surface area contributed by atoms with Crippen LogP contribution >= 0.6 is 23.1 Å². The van der Waals surface area contributed by atoms with Gasteiger partial charge in [0.2, 0.25) is 0 Å². The van der Waals surface area contributed by atoms with Gasteiger partial charge in [-0.25, -0.2) is 0 Å². The molecule has 2 heteroatoms. The van der Waals surface area contributed by atoms with Gasteiger partial charge in [0.1, 0.15) is 0 Å². The van der Waals surface area contributed by atoms with Crippen LogP contribution in [-0.2, 0) is 0 Å². The predicted molar refractivity (Wildman–Crippen MR) is 194 cm³/mol. The fourth-order valence-electron chi connectivity index (χ4n) is 7.72. The molecule has 0 fully saturated rings. The van der Waals surface area contributed by atoms with Crippen LogP contribution in [-0.4, -0.2) is 5.25 Å². The molecule has 0 bridgehead atoms.